The molecule has 0 radical (unpaired) electrons. The van der Waals surface area contributed by atoms with Gasteiger partial charge in [-0.15, -0.1) is 18.6 Å². The van der Waals surface area contributed by atoms with E-state index in [4.69, 9.17) is 22.4 Å². The zero-order valence-corrected chi connectivity index (χ0v) is 18.4. The first-order valence-electron chi connectivity index (χ1n) is 4.23. The third-order valence-electron chi connectivity index (χ3n) is 1.71. The van der Waals surface area contributed by atoms with Crippen LogP contribution in [0.15, 0.2) is 34.3 Å². The molecule has 0 bridgehead atoms. The number of amidine groups is 1. The van der Waals surface area contributed by atoms with Crippen molar-refractivity contribution in [2.45, 2.75) is 0 Å². The molecule has 0 saturated heterocycles. The van der Waals surface area contributed by atoms with Crippen LogP contribution < -0.4 is 108 Å². The molecule has 0 unspecified atom stereocenters. The molecule has 0 aliphatic carbocycles. The standard InChI is InChI=1S/C10H8N3OS2.2K/c1-14-8-4-2-7(3-5-8)9(12-6-11)13-10(15)16;;/h2-5H,1H3,(H,15,16);;/q-1;2*+1. The number of aliphatic imine (C=N–C) groups is 2. The van der Waals surface area contributed by atoms with Gasteiger partial charge >= 0.3 is 103 Å². The van der Waals surface area contributed by atoms with E-state index in [9.17, 15) is 0 Å². The minimum atomic E-state index is 0. The summed E-state index contributed by atoms with van der Waals surface area (Å²) >= 11 is 8.59. The van der Waals surface area contributed by atoms with Gasteiger partial charge in [-0.1, -0.05) is 12.2 Å². The maximum Gasteiger partial charge on any atom is 1.00 e. The topological polar surface area (TPSA) is 56.2 Å². The van der Waals surface area contributed by atoms with Gasteiger partial charge < -0.3 is 15.1 Å². The summed E-state index contributed by atoms with van der Waals surface area (Å²) < 4.78 is 5.14. The molecular weight excluding hydrogens is 320 g/mol. The second-order valence-corrected chi connectivity index (χ2v) is 3.77. The molecule has 18 heavy (non-hydrogen) atoms. The van der Waals surface area contributed by atoms with E-state index in [1.165, 1.54) is 0 Å². The summed E-state index contributed by atoms with van der Waals surface area (Å²) in [6, 6.07) is 8.65. The molecule has 0 heterocycles. The molecule has 0 aliphatic rings. The van der Waals surface area contributed by atoms with Crippen molar-refractivity contribution in [3.05, 3.63) is 35.2 Å². The fourth-order valence-corrected chi connectivity index (χ4v) is 1.21. The Balaban J connectivity index is 0. The van der Waals surface area contributed by atoms with Crippen molar-refractivity contribution in [2.24, 2.45) is 9.98 Å². The Morgan fingerprint density at radius 1 is 1.33 bits per heavy atom. The number of ether oxygens (including phenoxy) is 1. The van der Waals surface area contributed by atoms with Crippen molar-refractivity contribution >= 4 is 41.0 Å². The number of hydrogen-bond acceptors (Lipinski definition) is 2. The van der Waals surface area contributed by atoms with E-state index in [0.717, 1.165) is 0 Å². The Morgan fingerprint density at radius 3 is 2.28 bits per heavy atom. The van der Waals surface area contributed by atoms with Gasteiger partial charge in [0, 0.05) is 0 Å². The third-order valence-corrected chi connectivity index (χ3v) is 1.90. The summed E-state index contributed by atoms with van der Waals surface area (Å²) in [4.78, 5) is 7.44. The summed E-state index contributed by atoms with van der Waals surface area (Å²) in [5.41, 5.74) is 0.679. The Kier molecular flexibility index (Phi) is 15.3. The fraction of sp³-hybridized carbons (Fsp3) is 0.100. The van der Waals surface area contributed by atoms with E-state index in [2.05, 4.69) is 22.6 Å². The molecule has 1 rings (SSSR count). The number of hydrogen-bond donors (Lipinski definition) is 1. The fourth-order valence-electron chi connectivity index (χ4n) is 1.03. The first-order valence-corrected chi connectivity index (χ1v) is 5.08. The molecule has 0 aliphatic heterocycles. The summed E-state index contributed by atoms with van der Waals surface area (Å²) in [7, 11) is 1.58. The predicted molar refractivity (Wildman–Crippen MR) is 71.9 cm³/mol. The second kappa shape index (κ2) is 12.5. The smallest absolute Gasteiger partial charge is 0.497 e. The number of benzene rings is 1. The zero-order valence-electron chi connectivity index (χ0n) is 10.4. The van der Waals surface area contributed by atoms with Crippen LogP contribution in [0.1, 0.15) is 5.56 Å². The summed E-state index contributed by atoms with van der Waals surface area (Å²) in [6.45, 7) is 0. The number of rotatable bonds is 2. The Hall–Kier alpha value is 1.78. The van der Waals surface area contributed by atoms with Crippen LogP contribution in [0.2, 0.25) is 0 Å². The zero-order chi connectivity index (χ0) is 12.0. The van der Waals surface area contributed by atoms with Gasteiger partial charge in [0.05, 0.1) is 12.9 Å². The van der Waals surface area contributed by atoms with Gasteiger partial charge in [0.15, 0.2) is 4.32 Å². The molecule has 82 valence electrons. The predicted octanol–water partition coefficient (Wildman–Crippen LogP) is -3.59. The molecule has 0 spiro atoms. The molecule has 1 aromatic carbocycles. The molecule has 0 aromatic heterocycles. The molecule has 0 amide bonds. The van der Waals surface area contributed by atoms with Crippen molar-refractivity contribution in [1.29, 1.82) is 0 Å². The molecule has 0 N–H and O–H groups in total. The van der Waals surface area contributed by atoms with Gasteiger partial charge in [0.2, 0.25) is 0 Å². The minimum absolute atomic E-state index is 0. The Labute approximate surface area is 202 Å². The largest absolute Gasteiger partial charge is 1.00 e. The van der Waals surface area contributed by atoms with E-state index < -0.39 is 0 Å². The maximum atomic E-state index is 8.52. The summed E-state index contributed by atoms with van der Waals surface area (Å²) in [6.07, 6.45) is 0. The molecule has 4 nitrogen and oxygen atoms in total. The molecule has 0 fully saturated rings. The van der Waals surface area contributed by atoms with Crippen LogP contribution in [-0.4, -0.2) is 23.3 Å². The SMILES string of the molecule is COc1ccc(C(N=C=[N-])=NC(=S)S)cc1.[K+].[K+]. The van der Waals surface area contributed by atoms with Crippen LogP contribution in [-0.2, 0) is 0 Å². The second-order valence-electron chi connectivity index (χ2n) is 2.66. The van der Waals surface area contributed by atoms with Crippen LogP contribution in [0.3, 0.4) is 0 Å². The number of methoxy groups -OCH3 is 1. The Bertz CT molecular complexity index is 471. The van der Waals surface area contributed by atoms with E-state index in [0.29, 0.717) is 11.3 Å². The van der Waals surface area contributed by atoms with Crippen molar-refractivity contribution < 1.29 is 108 Å². The molecular formula is C10H8K2N3OS2+. The molecule has 0 saturated carbocycles. The number of nitrogens with zero attached hydrogens (tertiary/aromatic N) is 3. The summed E-state index contributed by atoms with van der Waals surface area (Å²) in [5, 5.41) is 8.52. The van der Waals surface area contributed by atoms with E-state index >= 15 is 0 Å². The molecule has 0 atom stereocenters. The van der Waals surface area contributed by atoms with Crippen molar-refractivity contribution in [3.8, 4) is 5.75 Å². The van der Waals surface area contributed by atoms with Crippen LogP contribution in [0.25, 0.3) is 5.41 Å². The third kappa shape index (κ3) is 8.16. The van der Waals surface area contributed by atoms with Gasteiger partial charge in [-0.3, -0.25) is 0 Å². The maximum absolute atomic E-state index is 8.52. The monoisotopic (exact) mass is 328 g/mol. The van der Waals surface area contributed by atoms with Crippen LogP contribution in [0, 0.1) is 0 Å². The molecule has 1 aromatic rings. The summed E-state index contributed by atoms with van der Waals surface area (Å²) in [5.74, 6) is 0.957. The minimum Gasteiger partial charge on any atom is -0.497 e. The normalized spacial score (nSPS) is 9.33. The van der Waals surface area contributed by atoms with Gasteiger partial charge in [-0.05, 0) is 29.8 Å². The van der Waals surface area contributed by atoms with Gasteiger partial charge in [0.1, 0.15) is 5.75 Å². The van der Waals surface area contributed by atoms with Crippen molar-refractivity contribution in [2.75, 3.05) is 7.11 Å². The van der Waals surface area contributed by atoms with E-state index in [1.807, 2.05) is 0 Å². The Morgan fingerprint density at radius 2 is 1.89 bits per heavy atom. The van der Waals surface area contributed by atoms with Gasteiger partial charge in [0.25, 0.3) is 0 Å². The van der Waals surface area contributed by atoms with Gasteiger partial charge in [-0.2, -0.15) is 0 Å². The van der Waals surface area contributed by atoms with Gasteiger partial charge in [-0.25, -0.2) is 4.99 Å². The average Bonchev–Trinajstić information content (AvgIpc) is 2.28. The van der Waals surface area contributed by atoms with E-state index in [-0.39, 0.29) is 113 Å². The van der Waals surface area contributed by atoms with Crippen LogP contribution in [0.4, 0.5) is 0 Å². The average molecular weight is 329 g/mol. The molecule has 8 heteroatoms. The first-order chi connectivity index (χ1) is 7.67. The quantitative estimate of drug-likeness (QED) is 0.201. The van der Waals surface area contributed by atoms with E-state index in [1.54, 1.807) is 37.4 Å². The van der Waals surface area contributed by atoms with Crippen molar-refractivity contribution in [1.82, 2.24) is 0 Å². The number of thiol groups is 1. The van der Waals surface area contributed by atoms with Crippen molar-refractivity contribution in [3.63, 3.8) is 0 Å². The van der Waals surface area contributed by atoms with Crippen LogP contribution in [0.5, 0.6) is 5.75 Å². The number of thiocarbonyl (C=S) groups is 1. The first kappa shape index (κ1) is 22.1. The van der Waals surface area contributed by atoms with Crippen LogP contribution >= 0.6 is 24.8 Å².